The van der Waals surface area contributed by atoms with Crippen molar-refractivity contribution >= 4 is 71.7 Å². The Morgan fingerprint density at radius 3 is 1.40 bits per heavy atom. The topological polar surface area (TPSA) is 29.5 Å². The summed E-state index contributed by atoms with van der Waals surface area (Å²) in [6, 6.07) is 70.9. The van der Waals surface area contributed by atoms with Crippen LogP contribution in [0.5, 0.6) is 0 Å². The first-order chi connectivity index (χ1) is 27.3. The maximum atomic E-state index is 6.62. The van der Waals surface area contributed by atoms with Crippen LogP contribution in [0.2, 0.25) is 0 Å². The summed E-state index contributed by atoms with van der Waals surface area (Å²) < 4.78 is 13.1. The van der Waals surface area contributed by atoms with Crippen LogP contribution in [-0.2, 0) is 0 Å². The Labute approximate surface area is 317 Å². The molecular weight excluding hydrogens is 671 g/mol. The molecule has 0 unspecified atom stereocenters. The molecule has 9 aromatic carbocycles. The molecule has 0 aliphatic heterocycles. The molecule has 0 saturated heterocycles. The summed E-state index contributed by atoms with van der Waals surface area (Å²) in [7, 11) is 0. The van der Waals surface area contributed by atoms with Gasteiger partial charge in [-0.3, -0.25) is 0 Å². The van der Waals surface area contributed by atoms with Crippen LogP contribution in [0.3, 0.4) is 0 Å². The van der Waals surface area contributed by atoms with Gasteiger partial charge in [-0.1, -0.05) is 164 Å². The minimum Gasteiger partial charge on any atom is -0.455 e. The van der Waals surface area contributed by atoms with Crippen molar-refractivity contribution in [1.82, 2.24) is 0 Å². The highest BCUT2D eigenvalue weighted by Gasteiger charge is 2.23. The first-order valence-electron chi connectivity index (χ1n) is 18.7. The average Bonchev–Trinajstić information content (AvgIpc) is 3.83. The zero-order chi connectivity index (χ0) is 36.3. The van der Waals surface area contributed by atoms with Gasteiger partial charge in [0.1, 0.15) is 22.3 Å². The lowest BCUT2D eigenvalue weighted by Crippen LogP contribution is -2.12. The van der Waals surface area contributed by atoms with Crippen LogP contribution in [0.25, 0.3) is 88.0 Å². The molecule has 0 amide bonds. The quantitative estimate of drug-likeness (QED) is 0.173. The summed E-state index contributed by atoms with van der Waals surface area (Å²) in [5.74, 6) is 0. The number of hydrogen-bond acceptors (Lipinski definition) is 3. The fraction of sp³-hybridized carbons (Fsp3) is 0. The van der Waals surface area contributed by atoms with Crippen LogP contribution >= 0.6 is 0 Å². The number of fused-ring (bicyclic) bond motifs is 7. The molecule has 0 atom stereocenters. The van der Waals surface area contributed by atoms with Crippen molar-refractivity contribution in [3.8, 4) is 33.4 Å². The first kappa shape index (κ1) is 31.2. The van der Waals surface area contributed by atoms with E-state index in [0.29, 0.717) is 0 Å². The zero-order valence-corrected chi connectivity index (χ0v) is 29.8. The summed E-state index contributed by atoms with van der Waals surface area (Å²) in [4.78, 5) is 2.40. The standard InChI is InChI=1S/C52H33NO2/c1-2-16-37-34(14-1)15-11-22-39(37)40-17-3-7-26-47(40)53(36-32-30-35(31-33-36)38-21-12-24-45-42-19-5-9-28-49(42)54-51(38)45)48-27-8-4-18-41(48)44-23-13-25-46-43-20-6-10-29-50(43)55-52(44)46/h1-33H. The maximum absolute atomic E-state index is 6.62. The SMILES string of the molecule is c1ccc(N(c2ccc(-c3cccc4c3oc3ccccc34)cc2)c2ccccc2-c2cccc3c2oc2ccccc23)c(-c2cccc3ccccc23)c1. The highest BCUT2D eigenvalue weighted by molar-refractivity contribution is 6.12. The normalized spacial score (nSPS) is 11.6. The Balaban J connectivity index is 1.14. The van der Waals surface area contributed by atoms with Crippen LogP contribution in [0.15, 0.2) is 209 Å². The molecule has 0 aliphatic carbocycles. The first-order valence-corrected chi connectivity index (χ1v) is 18.7. The lowest BCUT2D eigenvalue weighted by Gasteiger charge is -2.30. The Morgan fingerprint density at radius 1 is 0.291 bits per heavy atom. The van der Waals surface area contributed by atoms with Crippen molar-refractivity contribution in [1.29, 1.82) is 0 Å². The van der Waals surface area contributed by atoms with Crippen LogP contribution in [-0.4, -0.2) is 0 Å². The zero-order valence-electron chi connectivity index (χ0n) is 29.8. The second-order valence-corrected chi connectivity index (χ2v) is 14.0. The van der Waals surface area contributed by atoms with E-state index in [0.717, 1.165) is 88.8 Å². The van der Waals surface area contributed by atoms with E-state index >= 15 is 0 Å². The number of para-hydroxylation sites is 6. The van der Waals surface area contributed by atoms with E-state index in [1.165, 1.54) is 16.3 Å². The summed E-state index contributed by atoms with van der Waals surface area (Å²) in [6.07, 6.45) is 0. The highest BCUT2D eigenvalue weighted by Crippen LogP contribution is 2.48. The van der Waals surface area contributed by atoms with Crippen molar-refractivity contribution in [3.63, 3.8) is 0 Å². The van der Waals surface area contributed by atoms with Gasteiger partial charge in [0, 0.05) is 49.5 Å². The number of furan rings is 2. The second-order valence-electron chi connectivity index (χ2n) is 14.0. The Bertz CT molecular complexity index is 3220. The molecule has 55 heavy (non-hydrogen) atoms. The maximum Gasteiger partial charge on any atom is 0.143 e. The summed E-state index contributed by atoms with van der Waals surface area (Å²) in [5.41, 5.74) is 13.4. The van der Waals surface area contributed by atoms with Gasteiger partial charge >= 0.3 is 0 Å². The van der Waals surface area contributed by atoms with Gasteiger partial charge in [-0.25, -0.2) is 0 Å². The molecule has 0 aliphatic rings. The molecular formula is C52H33NO2. The van der Waals surface area contributed by atoms with Crippen molar-refractivity contribution in [2.24, 2.45) is 0 Å². The third-order valence-electron chi connectivity index (χ3n) is 10.9. The predicted octanol–water partition coefficient (Wildman–Crippen LogP) is 15.1. The summed E-state index contributed by atoms with van der Waals surface area (Å²) in [6.45, 7) is 0. The van der Waals surface area contributed by atoms with Gasteiger partial charge in [-0.05, 0) is 58.3 Å². The number of benzene rings is 9. The van der Waals surface area contributed by atoms with E-state index in [1.54, 1.807) is 0 Å². The summed E-state index contributed by atoms with van der Waals surface area (Å²) >= 11 is 0. The molecule has 3 nitrogen and oxygen atoms in total. The van der Waals surface area contributed by atoms with Gasteiger partial charge < -0.3 is 13.7 Å². The van der Waals surface area contributed by atoms with Gasteiger partial charge in [0.25, 0.3) is 0 Å². The predicted molar refractivity (Wildman–Crippen MR) is 229 cm³/mol. The minimum absolute atomic E-state index is 0.882. The van der Waals surface area contributed by atoms with Gasteiger partial charge in [0.2, 0.25) is 0 Å². The van der Waals surface area contributed by atoms with E-state index < -0.39 is 0 Å². The molecule has 2 aromatic heterocycles. The second kappa shape index (κ2) is 12.6. The van der Waals surface area contributed by atoms with E-state index in [1.807, 2.05) is 24.3 Å². The molecule has 258 valence electrons. The van der Waals surface area contributed by atoms with Crippen LogP contribution in [0, 0.1) is 0 Å². The largest absolute Gasteiger partial charge is 0.455 e. The molecule has 3 heteroatoms. The third kappa shape index (κ3) is 5.05. The van der Waals surface area contributed by atoms with Gasteiger partial charge in [0.15, 0.2) is 0 Å². The van der Waals surface area contributed by atoms with Crippen molar-refractivity contribution in [2.45, 2.75) is 0 Å². The number of hydrogen-bond donors (Lipinski definition) is 0. The molecule has 0 N–H and O–H groups in total. The smallest absolute Gasteiger partial charge is 0.143 e. The van der Waals surface area contributed by atoms with Crippen LogP contribution < -0.4 is 4.90 Å². The lowest BCUT2D eigenvalue weighted by molar-refractivity contribution is 0.669. The molecule has 11 aromatic rings. The number of anilines is 3. The fourth-order valence-electron chi connectivity index (χ4n) is 8.38. The number of rotatable bonds is 6. The molecule has 0 spiro atoms. The molecule has 2 heterocycles. The van der Waals surface area contributed by atoms with Gasteiger partial charge in [-0.2, -0.15) is 0 Å². The number of nitrogens with zero attached hydrogens (tertiary/aromatic N) is 1. The average molecular weight is 704 g/mol. The third-order valence-corrected chi connectivity index (χ3v) is 10.9. The molecule has 0 radical (unpaired) electrons. The monoisotopic (exact) mass is 703 g/mol. The Morgan fingerprint density at radius 2 is 0.727 bits per heavy atom. The molecule has 0 bridgehead atoms. The van der Waals surface area contributed by atoms with Gasteiger partial charge in [-0.15, -0.1) is 0 Å². The molecule has 0 fully saturated rings. The highest BCUT2D eigenvalue weighted by atomic mass is 16.3. The Kier molecular flexibility index (Phi) is 7.17. The van der Waals surface area contributed by atoms with Crippen LogP contribution in [0.4, 0.5) is 17.1 Å². The van der Waals surface area contributed by atoms with E-state index in [4.69, 9.17) is 8.83 Å². The fourth-order valence-corrected chi connectivity index (χ4v) is 8.38. The Hall–Kier alpha value is -7.36. The van der Waals surface area contributed by atoms with E-state index in [2.05, 4.69) is 181 Å². The minimum atomic E-state index is 0.882. The van der Waals surface area contributed by atoms with Crippen LogP contribution in [0.1, 0.15) is 0 Å². The molecule has 11 rings (SSSR count). The van der Waals surface area contributed by atoms with Crippen molar-refractivity contribution in [2.75, 3.05) is 4.90 Å². The van der Waals surface area contributed by atoms with Crippen molar-refractivity contribution < 1.29 is 8.83 Å². The van der Waals surface area contributed by atoms with E-state index in [9.17, 15) is 0 Å². The van der Waals surface area contributed by atoms with Crippen molar-refractivity contribution in [3.05, 3.63) is 200 Å². The van der Waals surface area contributed by atoms with Gasteiger partial charge in [0.05, 0.1) is 11.4 Å². The lowest BCUT2D eigenvalue weighted by atomic mass is 9.95. The molecule has 0 saturated carbocycles. The van der Waals surface area contributed by atoms with E-state index in [-0.39, 0.29) is 0 Å². The summed E-state index contributed by atoms with van der Waals surface area (Å²) in [5, 5.41) is 6.90.